The van der Waals surface area contributed by atoms with Gasteiger partial charge in [-0.3, -0.25) is 0 Å². The summed E-state index contributed by atoms with van der Waals surface area (Å²) in [6.45, 7) is 10.3. The molecule has 102 valence electrons. The van der Waals surface area contributed by atoms with Gasteiger partial charge in [0.25, 0.3) is 0 Å². The molecule has 2 rings (SSSR count). The Labute approximate surface area is 115 Å². The van der Waals surface area contributed by atoms with Crippen LogP contribution in [0.2, 0.25) is 0 Å². The number of nitrogens with zero attached hydrogens (tertiary/aromatic N) is 2. The normalized spacial score (nSPS) is 20.4. The molecule has 1 aliphatic heterocycles. The van der Waals surface area contributed by atoms with Crippen LogP contribution in [0.4, 0.5) is 0 Å². The number of likely N-dealkylation sites (tertiary alicyclic amines) is 1. The second-order valence-electron chi connectivity index (χ2n) is 5.56. The van der Waals surface area contributed by atoms with Crippen LogP contribution in [0.25, 0.3) is 0 Å². The highest BCUT2D eigenvalue weighted by Gasteiger charge is 2.38. The number of hydrogen-bond acceptors (Lipinski definition) is 4. The van der Waals surface area contributed by atoms with E-state index in [1.54, 1.807) is 11.3 Å². The molecule has 0 spiro atoms. The molecule has 4 heteroatoms. The fraction of sp³-hybridized carbons (Fsp3) is 0.786. The van der Waals surface area contributed by atoms with Crippen molar-refractivity contribution in [2.24, 2.45) is 0 Å². The van der Waals surface area contributed by atoms with E-state index < -0.39 is 0 Å². The standard InChI is InChI=1S/C14H25N3S/c1-4-8-17-9-5-14(6-10-17,16-12(2)3)13-15-7-11-18-13/h7,11-12,16H,4-6,8-10H2,1-3H3. The lowest BCUT2D eigenvalue weighted by molar-refractivity contribution is 0.126. The van der Waals surface area contributed by atoms with Gasteiger partial charge in [0.1, 0.15) is 5.01 Å². The second-order valence-corrected chi connectivity index (χ2v) is 6.45. The van der Waals surface area contributed by atoms with E-state index in [2.05, 4.69) is 41.4 Å². The molecule has 2 heterocycles. The van der Waals surface area contributed by atoms with Crippen LogP contribution >= 0.6 is 11.3 Å². The van der Waals surface area contributed by atoms with E-state index in [0.717, 1.165) is 0 Å². The van der Waals surface area contributed by atoms with Gasteiger partial charge in [0.05, 0.1) is 5.54 Å². The highest BCUT2D eigenvalue weighted by molar-refractivity contribution is 7.09. The van der Waals surface area contributed by atoms with Crippen LogP contribution in [-0.2, 0) is 5.54 Å². The molecule has 1 N–H and O–H groups in total. The van der Waals surface area contributed by atoms with E-state index >= 15 is 0 Å². The molecule has 1 saturated heterocycles. The Bertz CT molecular complexity index is 340. The predicted molar refractivity (Wildman–Crippen MR) is 78.0 cm³/mol. The zero-order chi connectivity index (χ0) is 13.0. The van der Waals surface area contributed by atoms with Crippen molar-refractivity contribution in [1.82, 2.24) is 15.2 Å². The molecule has 1 fully saturated rings. The first-order valence-electron chi connectivity index (χ1n) is 7.06. The van der Waals surface area contributed by atoms with Crippen LogP contribution in [0.15, 0.2) is 11.6 Å². The fourth-order valence-corrected chi connectivity index (χ4v) is 3.77. The summed E-state index contributed by atoms with van der Waals surface area (Å²) in [6.07, 6.45) is 5.54. The molecule has 0 aliphatic carbocycles. The number of aromatic nitrogens is 1. The molecule has 0 radical (unpaired) electrons. The van der Waals surface area contributed by atoms with Crippen molar-refractivity contribution in [3.8, 4) is 0 Å². The molecule has 0 unspecified atom stereocenters. The quantitative estimate of drug-likeness (QED) is 0.889. The predicted octanol–water partition coefficient (Wildman–Crippen LogP) is 2.84. The van der Waals surface area contributed by atoms with Gasteiger partial charge in [-0.05, 0) is 39.7 Å². The molecule has 18 heavy (non-hydrogen) atoms. The summed E-state index contributed by atoms with van der Waals surface area (Å²) in [4.78, 5) is 7.15. The van der Waals surface area contributed by atoms with Crippen molar-refractivity contribution in [2.75, 3.05) is 19.6 Å². The van der Waals surface area contributed by atoms with Crippen LogP contribution in [-0.4, -0.2) is 35.6 Å². The van der Waals surface area contributed by atoms with Crippen molar-refractivity contribution in [3.05, 3.63) is 16.6 Å². The van der Waals surface area contributed by atoms with Crippen LogP contribution < -0.4 is 5.32 Å². The van der Waals surface area contributed by atoms with Crippen molar-refractivity contribution in [3.63, 3.8) is 0 Å². The number of nitrogens with one attached hydrogen (secondary N) is 1. The average Bonchev–Trinajstić information content (AvgIpc) is 2.85. The first-order chi connectivity index (χ1) is 8.66. The first kappa shape index (κ1) is 14.0. The number of rotatable bonds is 5. The summed E-state index contributed by atoms with van der Waals surface area (Å²) in [7, 11) is 0. The molecule has 1 aromatic heterocycles. The molecule has 0 bridgehead atoms. The summed E-state index contributed by atoms with van der Waals surface area (Å²) >= 11 is 1.79. The minimum Gasteiger partial charge on any atom is -0.303 e. The number of hydrogen-bond donors (Lipinski definition) is 1. The smallest absolute Gasteiger partial charge is 0.113 e. The van der Waals surface area contributed by atoms with Crippen molar-refractivity contribution in [1.29, 1.82) is 0 Å². The molecule has 0 atom stereocenters. The van der Waals surface area contributed by atoms with Gasteiger partial charge in [-0.25, -0.2) is 4.98 Å². The third kappa shape index (κ3) is 3.11. The summed E-state index contributed by atoms with van der Waals surface area (Å²) in [5.74, 6) is 0. The Morgan fingerprint density at radius 3 is 2.67 bits per heavy atom. The van der Waals surface area contributed by atoms with E-state index in [4.69, 9.17) is 0 Å². The SMILES string of the molecule is CCCN1CCC(NC(C)C)(c2nccs2)CC1. The van der Waals surface area contributed by atoms with Gasteiger partial charge < -0.3 is 10.2 Å². The van der Waals surface area contributed by atoms with Crippen LogP contribution in [0.5, 0.6) is 0 Å². The molecule has 0 amide bonds. The van der Waals surface area contributed by atoms with Crippen LogP contribution in [0, 0.1) is 0 Å². The molecular weight excluding hydrogens is 242 g/mol. The Hall–Kier alpha value is -0.450. The zero-order valence-electron chi connectivity index (χ0n) is 11.8. The van der Waals surface area contributed by atoms with E-state index in [1.807, 2.05) is 6.20 Å². The molecular formula is C14H25N3S. The Morgan fingerprint density at radius 1 is 1.44 bits per heavy atom. The molecule has 3 nitrogen and oxygen atoms in total. The van der Waals surface area contributed by atoms with Crippen molar-refractivity contribution >= 4 is 11.3 Å². The van der Waals surface area contributed by atoms with Gasteiger partial charge in [-0.2, -0.15) is 0 Å². The Kier molecular flexibility index (Phi) is 4.76. The maximum atomic E-state index is 4.57. The van der Waals surface area contributed by atoms with Gasteiger partial charge >= 0.3 is 0 Å². The topological polar surface area (TPSA) is 28.2 Å². The highest BCUT2D eigenvalue weighted by Crippen LogP contribution is 2.34. The third-order valence-corrected chi connectivity index (χ3v) is 4.63. The van der Waals surface area contributed by atoms with Crippen LogP contribution in [0.3, 0.4) is 0 Å². The van der Waals surface area contributed by atoms with Gasteiger partial charge in [-0.1, -0.05) is 6.92 Å². The monoisotopic (exact) mass is 267 g/mol. The average molecular weight is 267 g/mol. The minimum atomic E-state index is 0.118. The first-order valence-corrected chi connectivity index (χ1v) is 7.94. The molecule has 0 aromatic carbocycles. The van der Waals surface area contributed by atoms with Crippen LogP contribution in [0.1, 0.15) is 45.0 Å². The minimum absolute atomic E-state index is 0.118. The lowest BCUT2D eigenvalue weighted by atomic mass is 9.87. The second kappa shape index (κ2) is 6.13. The van der Waals surface area contributed by atoms with Gasteiger partial charge in [0, 0.05) is 30.7 Å². The summed E-state index contributed by atoms with van der Waals surface area (Å²) < 4.78 is 0. The highest BCUT2D eigenvalue weighted by atomic mass is 32.1. The summed E-state index contributed by atoms with van der Waals surface area (Å²) in [5.41, 5.74) is 0.118. The van der Waals surface area contributed by atoms with E-state index in [9.17, 15) is 0 Å². The van der Waals surface area contributed by atoms with E-state index in [-0.39, 0.29) is 5.54 Å². The molecule has 0 saturated carbocycles. The van der Waals surface area contributed by atoms with Crippen molar-refractivity contribution in [2.45, 2.75) is 51.6 Å². The third-order valence-electron chi connectivity index (χ3n) is 3.66. The molecule has 1 aliphatic rings. The summed E-state index contributed by atoms with van der Waals surface area (Å²) in [5, 5.41) is 7.15. The maximum Gasteiger partial charge on any atom is 0.113 e. The van der Waals surface area contributed by atoms with Gasteiger partial charge in [0.2, 0.25) is 0 Å². The zero-order valence-corrected chi connectivity index (χ0v) is 12.6. The summed E-state index contributed by atoms with van der Waals surface area (Å²) in [6, 6.07) is 0.506. The largest absolute Gasteiger partial charge is 0.303 e. The van der Waals surface area contributed by atoms with Crippen molar-refractivity contribution < 1.29 is 0 Å². The van der Waals surface area contributed by atoms with E-state index in [1.165, 1.54) is 43.9 Å². The maximum absolute atomic E-state index is 4.57. The van der Waals surface area contributed by atoms with E-state index in [0.29, 0.717) is 6.04 Å². The van der Waals surface area contributed by atoms with Gasteiger partial charge in [-0.15, -0.1) is 11.3 Å². The van der Waals surface area contributed by atoms with Gasteiger partial charge in [0.15, 0.2) is 0 Å². The lowest BCUT2D eigenvalue weighted by Gasteiger charge is -2.42. The molecule has 1 aromatic rings. The number of thiazole rings is 1. The fourth-order valence-electron chi connectivity index (χ4n) is 2.91. The Balaban J connectivity index is 2.09. The Morgan fingerprint density at radius 2 is 2.17 bits per heavy atom. The number of piperidine rings is 1. The lowest BCUT2D eigenvalue weighted by Crippen LogP contribution is -2.53.